The molecular formula is C18H18Cl2N2O3. The number of methoxy groups -OCH3 is 1. The maximum Gasteiger partial charge on any atom is 0.252 e. The Morgan fingerprint density at radius 2 is 1.88 bits per heavy atom. The molecule has 2 aromatic carbocycles. The molecule has 0 aliphatic carbocycles. The van der Waals surface area contributed by atoms with Crippen molar-refractivity contribution >= 4 is 40.7 Å². The van der Waals surface area contributed by atoms with Crippen LogP contribution in [0.4, 0.5) is 5.69 Å². The van der Waals surface area contributed by atoms with Crippen LogP contribution in [0.25, 0.3) is 0 Å². The fraction of sp³-hybridized carbons (Fsp3) is 0.222. The van der Waals surface area contributed by atoms with Gasteiger partial charge in [0.25, 0.3) is 5.91 Å². The summed E-state index contributed by atoms with van der Waals surface area (Å²) >= 11 is 12.0. The Labute approximate surface area is 156 Å². The number of carbonyl (C=O) groups excluding carboxylic acids is 2. The maximum atomic E-state index is 12.2. The lowest BCUT2D eigenvalue weighted by Crippen LogP contribution is -2.37. The summed E-state index contributed by atoms with van der Waals surface area (Å²) in [7, 11) is 1.52. The van der Waals surface area contributed by atoms with E-state index in [1.807, 2.05) is 0 Å². The molecule has 0 spiro atoms. The fourth-order valence-electron chi connectivity index (χ4n) is 2.34. The van der Waals surface area contributed by atoms with Crippen LogP contribution in [0.2, 0.25) is 10.0 Å². The van der Waals surface area contributed by atoms with Crippen LogP contribution < -0.4 is 15.0 Å². The highest BCUT2D eigenvalue weighted by Gasteiger charge is 2.17. The minimum atomic E-state index is -0.299. The van der Waals surface area contributed by atoms with Gasteiger partial charge in [-0.1, -0.05) is 35.3 Å². The van der Waals surface area contributed by atoms with Gasteiger partial charge in [0.05, 0.1) is 23.4 Å². The summed E-state index contributed by atoms with van der Waals surface area (Å²) in [6.45, 7) is 1.96. The van der Waals surface area contributed by atoms with E-state index in [9.17, 15) is 9.59 Å². The van der Waals surface area contributed by atoms with Gasteiger partial charge >= 0.3 is 0 Å². The van der Waals surface area contributed by atoms with Gasteiger partial charge in [-0.2, -0.15) is 0 Å². The van der Waals surface area contributed by atoms with E-state index in [1.165, 1.54) is 18.9 Å². The number of amides is 2. The molecule has 0 saturated heterocycles. The molecular weight excluding hydrogens is 363 g/mol. The zero-order valence-corrected chi connectivity index (χ0v) is 15.4. The summed E-state index contributed by atoms with van der Waals surface area (Å²) in [5.74, 6) is 0.0387. The second-order valence-corrected chi connectivity index (χ2v) is 6.07. The number of halogens is 2. The molecule has 5 nitrogen and oxygen atoms in total. The molecule has 1 N–H and O–H groups in total. The van der Waals surface area contributed by atoms with Gasteiger partial charge < -0.3 is 15.0 Å². The number of nitrogens with zero attached hydrogens (tertiary/aromatic N) is 1. The van der Waals surface area contributed by atoms with Gasteiger partial charge in [-0.05, 0) is 30.3 Å². The maximum absolute atomic E-state index is 12.2. The molecule has 2 amide bonds. The Morgan fingerprint density at radius 3 is 2.52 bits per heavy atom. The van der Waals surface area contributed by atoms with Crippen LogP contribution in [0, 0.1) is 0 Å². The number of benzene rings is 2. The van der Waals surface area contributed by atoms with Crippen LogP contribution in [-0.4, -0.2) is 32.0 Å². The summed E-state index contributed by atoms with van der Waals surface area (Å²) < 4.78 is 5.29. The zero-order valence-electron chi connectivity index (χ0n) is 13.9. The van der Waals surface area contributed by atoms with Crippen LogP contribution in [-0.2, 0) is 4.79 Å². The van der Waals surface area contributed by atoms with Crippen molar-refractivity contribution < 1.29 is 14.3 Å². The van der Waals surface area contributed by atoms with Gasteiger partial charge in [-0.3, -0.25) is 9.59 Å². The van der Waals surface area contributed by atoms with Crippen LogP contribution in [0.5, 0.6) is 5.75 Å². The Morgan fingerprint density at radius 1 is 1.16 bits per heavy atom. The first-order chi connectivity index (χ1) is 11.9. The molecule has 2 aromatic rings. The first-order valence-corrected chi connectivity index (χ1v) is 8.34. The van der Waals surface area contributed by atoms with Crippen molar-refractivity contribution in [3.8, 4) is 5.75 Å². The molecule has 0 aliphatic heterocycles. The summed E-state index contributed by atoms with van der Waals surface area (Å²) in [5, 5.41) is 3.62. The lowest BCUT2D eigenvalue weighted by molar-refractivity contribution is -0.116. The van der Waals surface area contributed by atoms with Gasteiger partial charge in [0.1, 0.15) is 5.75 Å². The molecule has 0 heterocycles. The Kier molecular flexibility index (Phi) is 6.67. The molecule has 0 saturated carbocycles. The third kappa shape index (κ3) is 4.87. The SMILES string of the molecule is COc1ccc(Cl)cc1N(CCNC(=O)c1ccccc1Cl)C(C)=O. The summed E-state index contributed by atoms with van der Waals surface area (Å²) in [6.07, 6.45) is 0. The minimum Gasteiger partial charge on any atom is -0.495 e. The molecule has 0 bridgehead atoms. The van der Waals surface area contributed by atoms with Crippen molar-refractivity contribution in [3.63, 3.8) is 0 Å². The van der Waals surface area contributed by atoms with Gasteiger partial charge in [-0.25, -0.2) is 0 Å². The normalized spacial score (nSPS) is 10.2. The van der Waals surface area contributed by atoms with Crippen LogP contribution in [0.1, 0.15) is 17.3 Å². The Bertz CT molecular complexity index is 781. The highest BCUT2D eigenvalue weighted by atomic mass is 35.5. The smallest absolute Gasteiger partial charge is 0.252 e. The molecule has 2 rings (SSSR count). The molecule has 7 heteroatoms. The second-order valence-electron chi connectivity index (χ2n) is 5.22. The largest absolute Gasteiger partial charge is 0.495 e. The summed E-state index contributed by atoms with van der Waals surface area (Å²) in [5.41, 5.74) is 0.938. The monoisotopic (exact) mass is 380 g/mol. The quantitative estimate of drug-likeness (QED) is 0.829. The average molecular weight is 381 g/mol. The standard InChI is InChI=1S/C18H18Cl2N2O3/c1-12(23)22(16-11-13(19)7-8-17(16)25-2)10-9-21-18(24)14-5-3-4-6-15(14)20/h3-8,11H,9-10H2,1-2H3,(H,21,24). The summed E-state index contributed by atoms with van der Waals surface area (Å²) in [6, 6.07) is 11.8. The van der Waals surface area contributed by atoms with Crippen LogP contribution >= 0.6 is 23.2 Å². The van der Waals surface area contributed by atoms with E-state index >= 15 is 0 Å². The first kappa shape index (κ1) is 19.1. The highest BCUT2D eigenvalue weighted by molar-refractivity contribution is 6.33. The van der Waals surface area contributed by atoms with E-state index in [0.717, 1.165) is 0 Å². The topological polar surface area (TPSA) is 58.6 Å². The van der Waals surface area contributed by atoms with Crippen molar-refractivity contribution in [3.05, 3.63) is 58.1 Å². The van der Waals surface area contributed by atoms with Gasteiger partial charge in [0.15, 0.2) is 0 Å². The second kappa shape index (κ2) is 8.74. The number of anilines is 1. The van der Waals surface area contributed by atoms with E-state index in [2.05, 4.69) is 5.32 Å². The number of ether oxygens (including phenoxy) is 1. The van der Waals surface area contributed by atoms with Crippen LogP contribution in [0.15, 0.2) is 42.5 Å². The summed E-state index contributed by atoms with van der Waals surface area (Å²) in [4.78, 5) is 25.7. The van der Waals surface area contributed by atoms with Crippen molar-refractivity contribution in [2.75, 3.05) is 25.1 Å². The highest BCUT2D eigenvalue weighted by Crippen LogP contribution is 2.31. The number of hydrogen-bond donors (Lipinski definition) is 1. The Balaban J connectivity index is 2.09. The molecule has 0 unspecified atom stereocenters. The number of hydrogen-bond acceptors (Lipinski definition) is 3. The lowest BCUT2D eigenvalue weighted by Gasteiger charge is -2.23. The minimum absolute atomic E-state index is 0.187. The van der Waals surface area contributed by atoms with Crippen molar-refractivity contribution in [1.82, 2.24) is 5.32 Å². The van der Waals surface area contributed by atoms with E-state index in [0.29, 0.717) is 27.0 Å². The lowest BCUT2D eigenvalue weighted by atomic mass is 10.2. The van der Waals surface area contributed by atoms with E-state index in [1.54, 1.807) is 42.5 Å². The van der Waals surface area contributed by atoms with Gasteiger partial charge in [0, 0.05) is 25.0 Å². The molecule has 132 valence electrons. The zero-order chi connectivity index (χ0) is 18.4. The third-order valence-electron chi connectivity index (χ3n) is 3.55. The predicted octanol–water partition coefficient (Wildman–Crippen LogP) is 3.78. The molecule has 0 fully saturated rings. The van der Waals surface area contributed by atoms with Crippen molar-refractivity contribution in [2.24, 2.45) is 0 Å². The number of nitrogens with one attached hydrogen (secondary N) is 1. The predicted molar refractivity (Wildman–Crippen MR) is 99.8 cm³/mol. The first-order valence-electron chi connectivity index (χ1n) is 7.58. The molecule has 0 aliphatic rings. The number of rotatable bonds is 6. The fourth-order valence-corrected chi connectivity index (χ4v) is 2.73. The molecule has 0 aromatic heterocycles. The van der Waals surface area contributed by atoms with Gasteiger partial charge in [0.2, 0.25) is 5.91 Å². The van der Waals surface area contributed by atoms with Crippen LogP contribution in [0.3, 0.4) is 0 Å². The average Bonchev–Trinajstić information content (AvgIpc) is 2.58. The van der Waals surface area contributed by atoms with E-state index in [4.69, 9.17) is 27.9 Å². The molecule has 0 radical (unpaired) electrons. The molecule has 0 atom stereocenters. The van der Waals surface area contributed by atoms with E-state index < -0.39 is 0 Å². The third-order valence-corrected chi connectivity index (χ3v) is 4.12. The van der Waals surface area contributed by atoms with E-state index in [-0.39, 0.29) is 24.9 Å². The van der Waals surface area contributed by atoms with Gasteiger partial charge in [-0.15, -0.1) is 0 Å². The molecule has 25 heavy (non-hydrogen) atoms. The van der Waals surface area contributed by atoms with Crippen molar-refractivity contribution in [2.45, 2.75) is 6.92 Å². The Hall–Kier alpha value is -2.24. The van der Waals surface area contributed by atoms with Crippen molar-refractivity contribution in [1.29, 1.82) is 0 Å². The number of carbonyl (C=O) groups is 2.